The standard InChI is InChI=1S/C16H22N2/c1-5-15-8-10-16(11-9-15)14(4)17-18-12(2)6-7-13(18)3/h6-11,14,17H,5H2,1-4H3. The third kappa shape index (κ3) is 2.58. The van der Waals surface area contributed by atoms with Crippen LogP contribution in [0.3, 0.4) is 0 Å². The maximum absolute atomic E-state index is 3.53. The summed E-state index contributed by atoms with van der Waals surface area (Å²) in [6, 6.07) is 13.4. The molecule has 1 atom stereocenters. The van der Waals surface area contributed by atoms with Crippen LogP contribution in [0.15, 0.2) is 36.4 Å². The molecule has 96 valence electrons. The largest absolute Gasteiger partial charge is 0.319 e. The van der Waals surface area contributed by atoms with Crippen LogP contribution in [0.1, 0.15) is 42.4 Å². The Balaban J connectivity index is 2.14. The van der Waals surface area contributed by atoms with Gasteiger partial charge in [-0.15, -0.1) is 0 Å². The number of aromatic nitrogens is 1. The first-order valence-electron chi connectivity index (χ1n) is 6.62. The van der Waals surface area contributed by atoms with Gasteiger partial charge >= 0.3 is 0 Å². The number of rotatable bonds is 4. The molecule has 1 heterocycles. The Morgan fingerprint density at radius 2 is 1.56 bits per heavy atom. The molecular formula is C16H22N2. The zero-order valence-electron chi connectivity index (χ0n) is 11.7. The Kier molecular flexibility index (Phi) is 3.75. The number of hydrogen-bond acceptors (Lipinski definition) is 1. The molecule has 1 aromatic heterocycles. The topological polar surface area (TPSA) is 17.0 Å². The van der Waals surface area contributed by atoms with Gasteiger partial charge in [-0.3, -0.25) is 4.68 Å². The summed E-state index contributed by atoms with van der Waals surface area (Å²) in [7, 11) is 0. The minimum absolute atomic E-state index is 0.306. The van der Waals surface area contributed by atoms with Gasteiger partial charge in [-0.2, -0.15) is 0 Å². The molecule has 1 aromatic carbocycles. The Morgan fingerprint density at radius 1 is 1.00 bits per heavy atom. The van der Waals surface area contributed by atoms with Crippen molar-refractivity contribution in [2.75, 3.05) is 5.43 Å². The highest BCUT2D eigenvalue weighted by Crippen LogP contribution is 2.16. The van der Waals surface area contributed by atoms with Gasteiger partial charge in [-0.1, -0.05) is 31.2 Å². The predicted molar refractivity (Wildman–Crippen MR) is 77.5 cm³/mol. The van der Waals surface area contributed by atoms with E-state index < -0.39 is 0 Å². The summed E-state index contributed by atoms with van der Waals surface area (Å²) in [6.45, 7) is 8.61. The van der Waals surface area contributed by atoms with Crippen LogP contribution in [0.5, 0.6) is 0 Å². The van der Waals surface area contributed by atoms with E-state index in [1.807, 2.05) is 0 Å². The average Bonchev–Trinajstić information content (AvgIpc) is 2.70. The highest BCUT2D eigenvalue weighted by Gasteiger charge is 2.07. The third-order valence-electron chi connectivity index (χ3n) is 3.48. The summed E-state index contributed by atoms with van der Waals surface area (Å²) >= 11 is 0. The lowest BCUT2D eigenvalue weighted by atomic mass is 10.1. The van der Waals surface area contributed by atoms with Crippen LogP contribution in [0.4, 0.5) is 0 Å². The molecule has 0 saturated heterocycles. The molecule has 2 heteroatoms. The molecule has 0 aliphatic heterocycles. The number of nitrogens with one attached hydrogen (secondary N) is 1. The van der Waals surface area contributed by atoms with Crippen LogP contribution in [0, 0.1) is 13.8 Å². The fourth-order valence-electron chi connectivity index (χ4n) is 2.18. The van der Waals surface area contributed by atoms with E-state index in [2.05, 4.69) is 74.2 Å². The normalized spacial score (nSPS) is 12.4. The van der Waals surface area contributed by atoms with Gasteiger partial charge in [0.05, 0.1) is 6.04 Å². The van der Waals surface area contributed by atoms with Crippen LogP contribution >= 0.6 is 0 Å². The van der Waals surface area contributed by atoms with Crippen molar-refractivity contribution >= 4 is 0 Å². The van der Waals surface area contributed by atoms with Crippen LogP contribution in [0.25, 0.3) is 0 Å². The van der Waals surface area contributed by atoms with Crippen molar-refractivity contribution in [1.29, 1.82) is 0 Å². The van der Waals surface area contributed by atoms with Gasteiger partial charge in [0, 0.05) is 11.4 Å². The molecule has 0 amide bonds. The molecule has 2 rings (SSSR count). The SMILES string of the molecule is CCc1ccc(C(C)Nn2c(C)ccc2C)cc1. The van der Waals surface area contributed by atoms with E-state index in [-0.39, 0.29) is 0 Å². The molecule has 0 saturated carbocycles. The molecule has 0 aliphatic rings. The maximum Gasteiger partial charge on any atom is 0.0645 e. The fourth-order valence-corrected chi connectivity index (χ4v) is 2.18. The van der Waals surface area contributed by atoms with E-state index in [0.29, 0.717) is 6.04 Å². The third-order valence-corrected chi connectivity index (χ3v) is 3.48. The first-order valence-corrected chi connectivity index (χ1v) is 6.62. The summed E-state index contributed by atoms with van der Waals surface area (Å²) in [5.74, 6) is 0. The molecule has 18 heavy (non-hydrogen) atoms. The molecule has 0 aliphatic carbocycles. The quantitative estimate of drug-likeness (QED) is 0.858. The van der Waals surface area contributed by atoms with Crippen molar-refractivity contribution in [3.8, 4) is 0 Å². The number of benzene rings is 1. The van der Waals surface area contributed by atoms with Gasteiger partial charge in [-0.05, 0) is 50.5 Å². The zero-order valence-corrected chi connectivity index (χ0v) is 11.7. The Bertz CT molecular complexity index is 489. The lowest BCUT2D eigenvalue weighted by Gasteiger charge is -2.20. The van der Waals surface area contributed by atoms with Crippen molar-refractivity contribution in [2.24, 2.45) is 0 Å². The van der Waals surface area contributed by atoms with E-state index in [9.17, 15) is 0 Å². The maximum atomic E-state index is 3.53. The van der Waals surface area contributed by atoms with Crippen molar-refractivity contribution in [1.82, 2.24) is 4.68 Å². The minimum atomic E-state index is 0.306. The monoisotopic (exact) mass is 242 g/mol. The highest BCUT2D eigenvalue weighted by molar-refractivity contribution is 5.27. The van der Waals surface area contributed by atoms with E-state index in [1.54, 1.807) is 0 Å². The van der Waals surface area contributed by atoms with E-state index in [1.165, 1.54) is 22.5 Å². The highest BCUT2D eigenvalue weighted by atomic mass is 15.4. The van der Waals surface area contributed by atoms with Gasteiger partial charge in [0.25, 0.3) is 0 Å². The van der Waals surface area contributed by atoms with Crippen molar-refractivity contribution in [2.45, 2.75) is 40.2 Å². The van der Waals surface area contributed by atoms with E-state index in [0.717, 1.165) is 6.42 Å². The number of aryl methyl sites for hydroxylation is 3. The molecule has 2 aromatic rings. The second kappa shape index (κ2) is 5.30. The van der Waals surface area contributed by atoms with Gasteiger partial charge in [0.15, 0.2) is 0 Å². The first kappa shape index (κ1) is 12.7. The fraction of sp³-hybridized carbons (Fsp3) is 0.375. The molecule has 0 spiro atoms. The van der Waals surface area contributed by atoms with Crippen LogP contribution < -0.4 is 5.43 Å². The van der Waals surface area contributed by atoms with Crippen LogP contribution in [-0.4, -0.2) is 4.68 Å². The van der Waals surface area contributed by atoms with Crippen molar-refractivity contribution in [3.05, 3.63) is 58.9 Å². The molecule has 0 fully saturated rings. The summed E-state index contributed by atoms with van der Waals surface area (Å²) in [5, 5.41) is 0. The minimum Gasteiger partial charge on any atom is -0.319 e. The van der Waals surface area contributed by atoms with Gasteiger partial charge in [0.2, 0.25) is 0 Å². The number of nitrogens with zero attached hydrogens (tertiary/aromatic N) is 1. The molecule has 1 unspecified atom stereocenters. The van der Waals surface area contributed by atoms with Crippen LogP contribution in [-0.2, 0) is 6.42 Å². The van der Waals surface area contributed by atoms with Gasteiger partial charge in [0.1, 0.15) is 0 Å². The second-order valence-corrected chi connectivity index (χ2v) is 4.90. The Labute approximate surface area is 110 Å². The van der Waals surface area contributed by atoms with Crippen molar-refractivity contribution < 1.29 is 0 Å². The molecule has 1 N–H and O–H groups in total. The van der Waals surface area contributed by atoms with Gasteiger partial charge < -0.3 is 5.43 Å². The Hall–Kier alpha value is -1.70. The van der Waals surface area contributed by atoms with E-state index >= 15 is 0 Å². The smallest absolute Gasteiger partial charge is 0.0645 e. The second-order valence-electron chi connectivity index (χ2n) is 4.90. The molecule has 2 nitrogen and oxygen atoms in total. The summed E-state index contributed by atoms with van der Waals surface area (Å²) in [4.78, 5) is 0. The summed E-state index contributed by atoms with van der Waals surface area (Å²) < 4.78 is 2.15. The van der Waals surface area contributed by atoms with Gasteiger partial charge in [-0.25, -0.2) is 0 Å². The Morgan fingerprint density at radius 3 is 2.06 bits per heavy atom. The molecule has 0 radical (unpaired) electrons. The summed E-state index contributed by atoms with van der Waals surface area (Å²) in [6.07, 6.45) is 1.10. The van der Waals surface area contributed by atoms with Crippen LogP contribution in [0.2, 0.25) is 0 Å². The van der Waals surface area contributed by atoms with Crippen molar-refractivity contribution in [3.63, 3.8) is 0 Å². The predicted octanol–water partition coefficient (Wildman–Crippen LogP) is 3.97. The lowest BCUT2D eigenvalue weighted by molar-refractivity contribution is 0.699. The zero-order chi connectivity index (χ0) is 13.1. The summed E-state index contributed by atoms with van der Waals surface area (Å²) in [5.41, 5.74) is 8.72. The van der Waals surface area contributed by atoms with E-state index in [4.69, 9.17) is 0 Å². The number of hydrogen-bond donors (Lipinski definition) is 1. The molecule has 0 bridgehead atoms. The molecular weight excluding hydrogens is 220 g/mol. The average molecular weight is 242 g/mol. The lowest BCUT2D eigenvalue weighted by Crippen LogP contribution is -2.20. The first-order chi connectivity index (χ1) is 8.61.